The molecule has 1 saturated heterocycles. The van der Waals surface area contributed by atoms with E-state index in [1.54, 1.807) is 7.11 Å². The van der Waals surface area contributed by atoms with Gasteiger partial charge in [0.15, 0.2) is 10.6 Å². The van der Waals surface area contributed by atoms with E-state index in [2.05, 4.69) is 37.2 Å². The third kappa shape index (κ3) is 5.81. The number of H-pyrrole nitrogens is 1. The largest absolute Gasteiger partial charge is 0.497 e. The van der Waals surface area contributed by atoms with Crippen LogP contribution in [0.25, 0.3) is 11.4 Å². The molecule has 10 heteroatoms. The Labute approximate surface area is 204 Å². The highest BCUT2D eigenvalue weighted by Crippen LogP contribution is 2.21. The van der Waals surface area contributed by atoms with E-state index < -0.39 is 0 Å². The van der Waals surface area contributed by atoms with Gasteiger partial charge in [-0.2, -0.15) is 5.10 Å². The summed E-state index contributed by atoms with van der Waals surface area (Å²) >= 11 is 5.37. The Morgan fingerprint density at radius 1 is 1.15 bits per heavy atom. The molecule has 0 unspecified atom stereocenters. The molecule has 2 aromatic heterocycles. The first-order valence-corrected chi connectivity index (χ1v) is 12.0. The second kappa shape index (κ2) is 11.3. The molecule has 4 rings (SSSR count). The number of aromatic nitrogens is 4. The molecule has 1 aromatic carbocycles. The smallest absolute Gasteiger partial charge is 0.222 e. The first-order valence-electron chi connectivity index (χ1n) is 11.6. The van der Waals surface area contributed by atoms with Crippen LogP contribution in [0.3, 0.4) is 0 Å². The summed E-state index contributed by atoms with van der Waals surface area (Å²) in [6.45, 7) is 8.28. The van der Waals surface area contributed by atoms with Crippen molar-refractivity contribution in [3.63, 3.8) is 0 Å². The van der Waals surface area contributed by atoms with E-state index in [0.717, 1.165) is 55.4 Å². The lowest BCUT2D eigenvalue weighted by molar-refractivity contribution is -0.121. The number of ether oxygens (including phenoxy) is 1. The van der Waals surface area contributed by atoms with Crippen molar-refractivity contribution in [2.75, 3.05) is 44.7 Å². The molecular formula is C24H31N7O2S. The van der Waals surface area contributed by atoms with Gasteiger partial charge in [0.05, 0.1) is 7.11 Å². The lowest BCUT2D eigenvalue weighted by Gasteiger charge is -2.34. The number of piperazine rings is 1. The van der Waals surface area contributed by atoms with Crippen molar-refractivity contribution in [3.05, 3.63) is 52.9 Å². The van der Waals surface area contributed by atoms with Crippen LogP contribution in [0, 0.1) is 4.77 Å². The van der Waals surface area contributed by atoms with Crippen LogP contribution in [0.5, 0.6) is 5.75 Å². The monoisotopic (exact) mass is 481 g/mol. The Morgan fingerprint density at radius 2 is 1.91 bits per heavy atom. The molecule has 180 valence electrons. The maximum Gasteiger partial charge on any atom is 0.222 e. The lowest BCUT2D eigenvalue weighted by atomic mass is 10.2. The van der Waals surface area contributed by atoms with Gasteiger partial charge in [0, 0.05) is 57.4 Å². The number of aromatic amines is 1. The van der Waals surface area contributed by atoms with Gasteiger partial charge in [-0.1, -0.05) is 13.0 Å². The van der Waals surface area contributed by atoms with Crippen LogP contribution in [-0.2, 0) is 17.9 Å². The SMILES string of the molecule is CCN1CCN(c2ccc(CNC(=O)CCn3c(-c4ccc(OC)cc4)n[nH]c3=S)cn2)CC1. The first-order chi connectivity index (χ1) is 16.6. The van der Waals surface area contributed by atoms with Gasteiger partial charge >= 0.3 is 0 Å². The van der Waals surface area contributed by atoms with Crippen LogP contribution in [0.2, 0.25) is 0 Å². The number of amides is 1. The number of hydrogen-bond acceptors (Lipinski definition) is 7. The van der Waals surface area contributed by atoms with Crippen molar-refractivity contribution < 1.29 is 9.53 Å². The van der Waals surface area contributed by atoms with Crippen LogP contribution >= 0.6 is 12.2 Å². The number of anilines is 1. The number of nitrogens with zero attached hydrogens (tertiary/aromatic N) is 5. The van der Waals surface area contributed by atoms with E-state index in [-0.39, 0.29) is 5.91 Å². The number of carbonyl (C=O) groups is 1. The molecule has 0 bridgehead atoms. The predicted octanol–water partition coefficient (Wildman–Crippen LogP) is 2.86. The Hall–Kier alpha value is -3.24. The minimum Gasteiger partial charge on any atom is -0.497 e. The van der Waals surface area contributed by atoms with Crippen molar-refractivity contribution in [2.45, 2.75) is 26.4 Å². The molecule has 1 aliphatic rings. The quantitative estimate of drug-likeness (QED) is 0.454. The summed E-state index contributed by atoms with van der Waals surface area (Å²) in [5.74, 6) is 2.40. The molecular weight excluding hydrogens is 450 g/mol. The molecule has 1 amide bonds. The fraction of sp³-hybridized carbons (Fsp3) is 0.417. The number of benzene rings is 1. The Bertz CT molecular complexity index is 1130. The van der Waals surface area contributed by atoms with Crippen LogP contribution in [0.15, 0.2) is 42.6 Å². The van der Waals surface area contributed by atoms with Gasteiger partial charge in [0.1, 0.15) is 11.6 Å². The summed E-state index contributed by atoms with van der Waals surface area (Å²) in [6.07, 6.45) is 2.14. The normalized spacial score (nSPS) is 14.2. The second-order valence-electron chi connectivity index (χ2n) is 8.21. The third-order valence-corrected chi connectivity index (χ3v) is 6.42. The number of nitrogens with one attached hydrogen (secondary N) is 2. The molecule has 0 atom stereocenters. The Balaban J connectivity index is 1.28. The van der Waals surface area contributed by atoms with Crippen molar-refractivity contribution in [3.8, 4) is 17.1 Å². The van der Waals surface area contributed by atoms with Crippen LogP contribution < -0.4 is 15.0 Å². The zero-order chi connectivity index (χ0) is 23.9. The van der Waals surface area contributed by atoms with E-state index in [9.17, 15) is 4.79 Å². The molecule has 34 heavy (non-hydrogen) atoms. The molecule has 2 N–H and O–H groups in total. The molecule has 3 aromatic rings. The Morgan fingerprint density at radius 3 is 2.56 bits per heavy atom. The van der Waals surface area contributed by atoms with Gasteiger partial charge in [0.2, 0.25) is 5.91 Å². The fourth-order valence-corrected chi connectivity index (χ4v) is 4.21. The van der Waals surface area contributed by atoms with Crippen molar-refractivity contribution in [1.82, 2.24) is 30.0 Å². The van der Waals surface area contributed by atoms with Gasteiger partial charge in [-0.15, -0.1) is 0 Å². The summed E-state index contributed by atoms with van der Waals surface area (Å²) < 4.78 is 7.53. The topological polar surface area (TPSA) is 91.3 Å². The number of pyridine rings is 1. The highest BCUT2D eigenvalue weighted by molar-refractivity contribution is 7.71. The predicted molar refractivity (Wildman–Crippen MR) is 134 cm³/mol. The Kier molecular flexibility index (Phi) is 7.91. The molecule has 1 fully saturated rings. The molecule has 0 radical (unpaired) electrons. The number of likely N-dealkylation sites (N-methyl/N-ethyl adjacent to an activating group) is 1. The molecule has 0 aliphatic carbocycles. The van der Waals surface area contributed by atoms with Crippen LogP contribution in [0.1, 0.15) is 18.9 Å². The van der Waals surface area contributed by atoms with E-state index in [1.807, 2.05) is 47.2 Å². The van der Waals surface area contributed by atoms with Crippen LogP contribution in [-0.4, -0.2) is 70.4 Å². The van der Waals surface area contributed by atoms with E-state index in [0.29, 0.717) is 30.1 Å². The highest BCUT2D eigenvalue weighted by Gasteiger charge is 2.16. The average Bonchev–Trinajstić information content (AvgIpc) is 3.26. The zero-order valence-corrected chi connectivity index (χ0v) is 20.5. The summed E-state index contributed by atoms with van der Waals surface area (Å²) in [6, 6.07) is 11.6. The van der Waals surface area contributed by atoms with E-state index in [4.69, 9.17) is 17.0 Å². The van der Waals surface area contributed by atoms with Crippen molar-refractivity contribution >= 4 is 23.9 Å². The standard InChI is InChI=1S/C24H31N7O2S/c1-3-29-12-14-30(15-13-29)21-9-4-18(16-25-21)17-26-22(32)10-11-31-23(27-28-24(31)34)19-5-7-20(33-2)8-6-19/h4-9,16H,3,10-15,17H2,1-2H3,(H,26,32)(H,28,34). The zero-order valence-electron chi connectivity index (χ0n) is 19.7. The number of hydrogen-bond donors (Lipinski definition) is 2. The highest BCUT2D eigenvalue weighted by atomic mass is 32.1. The van der Waals surface area contributed by atoms with Gasteiger partial charge in [0.25, 0.3) is 0 Å². The van der Waals surface area contributed by atoms with Crippen molar-refractivity contribution in [2.24, 2.45) is 0 Å². The molecule has 3 heterocycles. The summed E-state index contributed by atoms with van der Waals surface area (Å²) in [5.41, 5.74) is 1.87. The average molecular weight is 482 g/mol. The minimum absolute atomic E-state index is 0.0523. The molecule has 1 aliphatic heterocycles. The molecule has 0 saturated carbocycles. The van der Waals surface area contributed by atoms with Gasteiger partial charge in [-0.25, -0.2) is 4.98 Å². The third-order valence-electron chi connectivity index (χ3n) is 6.11. The lowest BCUT2D eigenvalue weighted by Crippen LogP contribution is -2.46. The van der Waals surface area contributed by atoms with E-state index in [1.165, 1.54) is 0 Å². The maximum absolute atomic E-state index is 12.5. The summed E-state index contributed by atoms with van der Waals surface area (Å²) in [4.78, 5) is 21.8. The first kappa shape index (κ1) is 23.9. The summed E-state index contributed by atoms with van der Waals surface area (Å²) in [5, 5.41) is 10.1. The maximum atomic E-state index is 12.5. The second-order valence-corrected chi connectivity index (χ2v) is 8.59. The van der Waals surface area contributed by atoms with Gasteiger partial charge in [-0.05, 0) is 54.7 Å². The number of methoxy groups -OCH3 is 1. The number of carbonyl (C=O) groups excluding carboxylic acids is 1. The number of rotatable bonds is 9. The minimum atomic E-state index is -0.0523. The molecule has 9 nitrogen and oxygen atoms in total. The molecule has 0 spiro atoms. The van der Waals surface area contributed by atoms with Crippen molar-refractivity contribution in [1.29, 1.82) is 0 Å². The van der Waals surface area contributed by atoms with E-state index >= 15 is 0 Å². The van der Waals surface area contributed by atoms with Crippen LogP contribution in [0.4, 0.5) is 5.82 Å². The van der Waals surface area contributed by atoms with Gasteiger partial charge < -0.3 is 19.9 Å². The van der Waals surface area contributed by atoms with Gasteiger partial charge in [-0.3, -0.25) is 14.5 Å². The fourth-order valence-electron chi connectivity index (χ4n) is 3.99. The summed E-state index contributed by atoms with van der Waals surface area (Å²) in [7, 11) is 1.63.